The van der Waals surface area contributed by atoms with Crippen LogP contribution in [0.15, 0.2) is 0 Å². The maximum atomic E-state index is 11.2. The molecule has 0 fully saturated rings. The van der Waals surface area contributed by atoms with Gasteiger partial charge in [-0.1, -0.05) is 6.92 Å². The molecule has 0 amide bonds. The third-order valence-electron chi connectivity index (χ3n) is 2.97. The van der Waals surface area contributed by atoms with Crippen LogP contribution in [0.2, 0.25) is 0 Å². The second kappa shape index (κ2) is 6.54. The number of rotatable bonds is 7. The van der Waals surface area contributed by atoms with E-state index in [1.54, 1.807) is 0 Å². The van der Waals surface area contributed by atoms with Crippen molar-refractivity contribution < 1.29 is 4.79 Å². The Morgan fingerprint density at radius 2 is 1.94 bits per heavy atom. The van der Waals surface area contributed by atoms with Crippen LogP contribution in [0.5, 0.6) is 0 Å². The lowest BCUT2D eigenvalue weighted by atomic mass is 10.2. The van der Waals surface area contributed by atoms with Crippen molar-refractivity contribution in [1.29, 1.82) is 0 Å². The molecule has 0 aliphatic carbocycles. The van der Waals surface area contributed by atoms with Crippen molar-refractivity contribution in [3.05, 3.63) is 11.3 Å². The summed E-state index contributed by atoms with van der Waals surface area (Å²) in [7, 11) is 6.01. The SMILES string of the molecule is CCCN(CCN(C)C)c1c(C=O)c(C)nn1C. The number of carbonyl (C=O) groups is 1. The molecular formula is C13H24N4O. The van der Waals surface area contributed by atoms with Crippen LogP contribution in [-0.2, 0) is 7.05 Å². The van der Waals surface area contributed by atoms with Gasteiger partial charge in [-0.2, -0.15) is 5.10 Å². The first-order chi connectivity index (χ1) is 8.51. The van der Waals surface area contributed by atoms with E-state index in [-0.39, 0.29) is 0 Å². The molecule has 0 atom stereocenters. The highest BCUT2D eigenvalue weighted by Crippen LogP contribution is 2.21. The van der Waals surface area contributed by atoms with E-state index >= 15 is 0 Å². The Kier molecular flexibility index (Phi) is 5.34. The summed E-state index contributed by atoms with van der Waals surface area (Å²) in [6, 6.07) is 0. The van der Waals surface area contributed by atoms with E-state index in [9.17, 15) is 4.79 Å². The predicted molar refractivity (Wildman–Crippen MR) is 74.4 cm³/mol. The molecule has 102 valence electrons. The lowest BCUT2D eigenvalue weighted by Gasteiger charge is -2.26. The molecule has 5 heteroatoms. The molecule has 0 radical (unpaired) electrons. The second-order valence-electron chi connectivity index (χ2n) is 4.85. The van der Waals surface area contributed by atoms with Gasteiger partial charge in [0.1, 0.15) is 5.82 Å². The lowest BCUT2D eigenvalue weighted by molar-refractivity contribution is 0.112. The molecule has 0 aromatic carbocycles. The molecule has 0 saturated carbocycles. The van der Waals surface area contributed by atoms with Crippen molar-refractivity contribution >= 4 is 12.1 Å². The zero-order valence-electron chi connectivity index (χ0n) is 12.1. The second-order valence-corrected chi connectivity index (χ2v) is 4.85. The fourth-order valence-electron chi connectivity index (χ4n) is 2.09. The van der Waals surface area contributed by atoms with E-state index in [1.807, 2.05) is 18.7 Å². The third-order valence-corrected chi connectivity index (χ3v) is 2.97. The van der Waals surface area contributed by atoms with Gasteiger partial charge in [-0.25, -0.2) is 0 Å². The summed E-state index contributed by atoms with van der Waals surface area (Å²) < 4.78 is 1.81. The number of hydrogen-bond acceptors (Lipinski definition) is 4. The van der Waals surface area contributed by atoms with Gasteiger partial charge in [-0.3, -0.25) is 9.48 Å². The number of hydrogen-bond donors (Lipinski definition) is 0. The Bertz CT molecular complexity index is 398. The van der Waals surface area contributed by atoms with Crippen molar-refractivity contribution in [2.45, 2.75) is 20.3 Å². The number of aryl methyl sites for hydroxylation is 2. The Morgan fingerprint density at radius 3 is 2.44 bits per heavy atom. The summed E-state index contributed by atoms with van der Waals surface area (Å²) in [5, 5.41) is 4.34. The highest BCUT2D eigenvalue weighted by molar-refractivity contribution is 5.84. The molecule has 18 heavy (non-hydrogen) atoms. The van der Waals surface area contributed by atoms with Crippen LogP contribution in [0.1, 0.15) is 29.4 Å². The minimum absolute atomic E-state index is 0.713. The van der Waals surface area contributed by atoms with E-state index in [4.69, 9.17) is 0 Å². The minimum Gasteiger partial charge on any atom is -0.355 e. The first-order valence-electron chi connectivity index (χ1n) is 6.39. The first kappa shape index (κ1) is 14.7. The minimum atomic E-state index is 0.713. The molecule has 0 bridgehead atoms. The standard InChI is InChI=1S/C13H24N4O/c1-6-7-17(9-8-15(3)4)13-12(10-18)11(2)14-16(13)5/h10H,6-9H2,1-5H3. The third kappa shape index (κ3) is 3.32. The quantitative estimate of drug-likeness (QED) is 0.686. The average molecular weight is 252 g/mol. The summed E-state index contributed by atoms with van der Waals surface area (Å²) in [5.74, 6) is 0.936. The van der Waals surface area contributed by atoms with Crippen molar-refractivity contribution in [3.8, 4) is 0 Å². The number of aldehydes is 1. The van der Waals surface area contributed by atoms with E-state index in [0.717, 1.165) is 43.9 Å². The molecule has 0 unspecified atom stereocenters. The van der Waals surface area contributed by atoms with E-state index in [2.05, 4.69) is 35.9 Å². The first-order valence-corrected chi connectivity index (χ1v) is 6.39. The van der Waals surface area contributed by atoms with Crippen LogP contribution in [0.4, 0.5) is 5.82 Å². The smallest absolute Gasteiger partial charge is 0.155 e. The van der Waals surface area contributed by atoms with Crippen molar-refractivity contribution in [2.75, 3.05) is 38.6 Å². The van der Waals surface area contributed by atoms with E-state index < -0.39 is 0 Å². The van der Waals surface area contributed by atoms with Crippen LogP contribution >= 0.6 is 0 Å². The van der Waals surface area contributed by atoms with Gasteiger partial charge < -0.3 is 9.80 Å². The molecule has 0 spiro atoms. The molecule has 0 aliphatic rings. The monoisotopic (exact) mass is 252 g/mol. The van der Waals surface area contributed by atoms with Crippen molar-refractivity contribution in [3.63, 3.8) is 0 Å². The largest absolute Gasteiger partial charge is 0.355 e. The maximum Gasteiger partial charge on any atom is 0.155 e. The van der Waals surface area contributed by atoms with Crippen molar-refractivity contribution in [2.24, 2.45) is 7.05 Å². The van der Waals surface area contributed by atoms with Crippen molar-refractivity contribution in [1.82, 2.24) is 14.7 Å². The summed E-state index contributed by atoms with van der Waals surface area (Å²) in [5.41, 5.74) is 1.51. The summed E-state index contributed by atoms with van der Waals surface area (Å²) in [4.78, 5) is 15.6. The Morgan fingerprint density at radius 1 is 1.28 bits per heavy atom. The predicted octanol–water partition coefficient (Wildman–Crippen LogP) is 1.32. The van der Waals surface area contributed by atoms with Gasteiger partial charge in [0.05, 0.1) is 11.3 Å². The van der Waals surface area contributed by atoms with Gasteiger partial charge >= 0.3 is 0 Å². The fraction of sp³-hybridized carbons (Fsp3) is 0.692. The topological polar surface area (TPSA) is 41.4 Å². The van der Waals surface area contributed by atoms with Crippen LogP contribution in [0.25, 0.3) is 0 Å². The number of carbonyl (C=O) groups excluding carboxylic acids is 1. The number of nitrogens with zero attached hydrogens (tertiary/aromatic N) is 4. The zero-order valence-corrected chi connectivity index (χ0v) is 12.1. The molecule has 5 nitrogen and oxygen atoms in total. The van der Waals surface area contributed by atoms with Gasteiger partial charge in [0.25, 0.3) is 0 Å². The Hall–Kier alpha value is -1.36. The molecule has 0 saturated heterocycles. The van der Waals surface area contributed by atoms with Crippen LogP contribution < -0.4 is 4.90 Å². The number of likely N-dealkylation sites (N-methyl/N-ethyl adjacent to an activating group) is 1. The van der Waals surface area contributed by atoms with Gasteiger partial charge in [-0.05, 0) is 27.4 Å². The number of anilines is 1. The molecule has 1 heterocycles. The van der Waals surface area contributed by atoms with Gasteiger partial charge in [-0.15, -0.1) is 0 Å². The normalized spacial score (nSPS) is 11.0. The van der Waals surface area contributed by atoms with E-state index in [0.29, 0.717) is 5.56 Å². The van der Waals surface area contributed by atoms with Crippen LogP contribution in [0.3, 0.4) is 0 Å². The molecule has 0 N–H and O–H groups in total. The zero-order chi connectivity index (χ0) is 13.7. The van der Waals surface area contributed by atoms with Gasteiger partial charge in [0, 0.05) is 26.7 Å². The fourth-order valence-corrected chi connectivity index (χ4v) is 2.09. The molecule has 0 aliphatic heterocycles. The Labute approximate surface area is 109 Å². The summed E-state index contributed by atoms with van der Waals surface area (Å²) in [6.07, 6.45) is 1.96. The molecule has 1 aromatic heterocycles. The highest BCUT2D eigenvalue weighted by Gasteiger charge is 2.18. The summed E-state index contributed by atoms with van der Waals surface area (Å²) >= 11 is 0. The van der Waals surface area contributed by atoms with E-state index in [1.165, 1.54) is 0 Å². The molecule has 1 aromatic rings. The molecular weight excluding hydrogens is 228 g/mol. The Balaban J connectivity index is 3.00. The average Bonchev–Trinajstić information content (AvgIpc) is 2.58. The maximum absolute atomic E-state index is 11.2. The summed E-state index contributed by atoms with van der Waals surface area (Å²) in [6.45, 7) is 6.83. The number of aromatic nitrogens is 2. The van der Waals surface area contributed by atoms with Gasteiger partial charge in [0.15, 0.2) is 6.29 Å². The van der Waals surface area contributed by atoms with Crippen LogP contribution in [0, 0.1) is 6.92 Å². The van der Waals surface area contributed by atoms with Gasteiger partial charge in [0.2, 0.25) is 0 Å². The molecule has 1 rings (SSSR count). The lowest BCUT2D eigenvalue weighted by Crippen LogP contribution is -2.34. The highest BCUT2D eigenvalue weighted by atomic mass is 16.1. The van der Waals surface area contributed by atoms with Crippen LogP contribution in [-0.4, -0.2) is 54.7 Å².